The number of alkyl halides is 4. The summed E-state index contributed by atoms with van der Waals surface area (Å²) in [7, 11) is 1.61. The Kier molecular flexibility index (Phi) is 4.23. The fourth-order valence-corrected chi connectivity index (χ4v) is 2.14. The van der Waals surface area contributed by atoms with E-state index in [9.17, 15) is 13.2 Å². The summed E-state index contributed by atoms with van der Waals surface area (Å²) in [5.74, 6) is 0.0540. The van der Waals surface area contributed by atoms with Gasteiger partial charge in [0.15, 0.2) is 0 Å². The standard InChI is InChI=1S/C15H13ClF3N/c1-20(12-5-3-2-4-6-12)14-8-7-11(10-16)9-13(14)15(17,18)19/h2-9H,10H2,1H3. The quantitative estimate of drug-likeness (QED) is 0.703. The summed E-state index contributed by atoms with van der Waals surface area (Å²) in [5.41, 5.74) is 0.570. The van der Waals surface area contributed by atoms with Gasteiger partial charge < -0.3 is 4.90 Å². The smallest absolute Gasteiger partial charge is 0.344 e. The van der Waals surface area contributed by atoms with Gasteiger partial charge in [0.25, 0.3) is 0 Å². The normalized spacial score (nSPS) is 11.4. The second kappa shape index (κ2) is 5.75. The third-order valence-corrected chi connectivity index (χ3v) is 3.33. The maximum atomic E-state index is 13.2. The summed E-state index contributed by atoms with van der Waals surface area (Å²) in [4.78, 5) is 1.51. The van der Waals surface area contributed by atoms with Crippen molar-refractivity contribution in [3.63, 3.8) is 0 Å². The highest BCUT2D eigenvalue weighted by molar-refractivity contribution is 6.17. The van der Waals surface area contributed by atoms with Crippen molar-refractivity contribution < 1.29 is 13.2 Å². The molecule has 0 aliphatic rings. The highest BCUT2D eigenvalue weighted by atomic mass is 35.5. The van der Waals surface area contributed by atoms with Crippen molar-refractivity contribution in [3.05, 3.63) is 59.7 Å². The molecular formula is C15H13ClF3N. The summed E-state index contributed by atoms with van der Waals surface area (Å²) in [6.45, 7) is 0. The molecule has 0 radical (unpaired) electrons. The lowest BCUT2D eigenvalue weighted by molar-refractivity contribution is -0.137. The fourth-order valence-electron chi connectivity index (χ4n) is 1.98. The summed E-state index contributed by atoms with van der Waals surface area (Å²) in [6, 6.07) is 13.1. The second-order valence-electron chi connectivity index (χ2n) is 4.38. The van der Waals surface area contributed by atoms with E-state index in [2.05, 4.69) is 0 Å². The van der Waals surface area contributed by atoms with E-state index in [0.29, 0.717) is 11.3 Å². The first-order valence-corrected chi connectivity index (χ1v) is 6.52. The number of benzene rings is 2. The van der Waals surface area contributed by atoms with Gasteiger partial charge in [-0.25, -0.2) is 0 Å². The van der Waals surface area contributed by atoms with Crippen molar-refractivity contribution >= 4 is 23.0 Å². The molecule has 0 bridgehead atoms. The zero-order valence-electron chi connectivity index (χ0n) is 10.8. The lowest BCUT2D eigenvalue weighted by Gasteiger charge is -2.24. The maximum absolute atomic E-state index is 13.2. The van der Waals surface area contributed by atoms with E-state index < -0.39 is 11.7 Å². The number of hydrogen-bond donors (Lipinski definition) is 0. The van der Waals surface area contributed by atoms with Crippen LogP contribution in [0.1, 0.15) is 11.1 Å². The molecule has 0 heterocycles. The van der Waals surface area contributed by atoms with Crippen LogP contribution in [0.3, 0.4) is 0 Å². The van der Waals surface area contributed by atoms with Crippen LogP contribution in [0.15, 0.2) is 48.5 Å². The van der Waals surface area contributed by atoms with Crippen molar-refractivity contribution in [1.82, 2.24) is 0 Å². The molecule has 0 aromatic heterocycles. The van der Waals surface area contributed by atoms with E-state index in [-0.39, 0.29) is 11.6 Å². The molecule has 1 nitrogen and oxygen atoms in total. The molecule has 0 saturated carbocycles. The predicted octanol–water partition coefficient (Wildman–Crippen LogP) is 5.21. The van der Waals surface area contributed by atoms with Gasteiger partial charge in [0, 0.05) is 18.6 Å². The number of halogens is 4. The predicted molar refractivity (Wildman–Crippen MR) is 75.5 cm³/mol. The minimum Gasteiger partial charge on any atom is -0.344 e. The summed E-state index contributed by atoms with van der Waals surface area (Å²) in [5, 5.41) is 0. The van der Waals surface area contributed by atoms with Gasteiger partial charge in [0.2, 0.25) is 0 Å². The molecule has 0 unspecified atom stereocenters. The van der Waals surface area contributed by atoms with Gasteiger partial charge in [0.05, 0.1) is 11.3 Å². The SMILES string of the molecule is CN(c1ccccc1)c1ccc(CCl)cc1C(F)(F)F. The number of rotatable bonds is 3. The number of hydrogen-bond acceptors (Lipinski definition) is 1. The van der Waals surface area contributed by atoms with Crippen LogP contribution < -0.4 is 4.90 Å². The van der Waals surface area contributed by atoms with Gasteiger partial charge in [-0.05, 0) is 29.8 Å². The van der Waals surface area contributed by atoms with Crippen LogP contribution in [0.25, 0.3) is 0 Å². The minimum atomic E-state index is -4.42. The lowest BCUT2D eigenvalue weighted by Crippen LogP contribution is -2.16. The molecule has 5 heteroatoms. The summed E-state index contributed by atoms with van der Waals surface area (Å²) >= 11 is 5.62. The Labute approximate surface area is 120 Å². The fraction of sp³-hybridized carbons (Fsp3) is 0.200. The largest absolute Gasteiger partial charge is 0.418 e. The first-order chi connectivity index (χ1) is 9.43. The van der Waals surface area contributed by atoms with Crippen LogP contribution in [0.5, 0.6) is 0 Å². The Hall–Kier alpha value is -1.68. The van der Waals surface area contributed by atoms with Crippen LogP contribution in [-0.2, 0) is 12.1 Å². The first-order valence-electron chi connectivity index (χ1n) is 5.98. The Morgan fingerprint density at radius 3 is 2.25 bits per heavy atom. The van der Waals surface area contributed by atoms with E-state index in [0.717, 1.165) is 6.07 Å². The van der Waals surface area contributed by atoms with Crippen LogP contribution >= 0.6 is 11.6 Å². The maximum Gasteiger partial charge on any atom is 0.418 e. The molecule has 2 rings (SSSR count). The van der Waals surface area contributed by atoms with E-state index in [4.69, 9.17) is 11.6 Å². The first kappa shape index (κ1) is 14.7. The zero-order valence-corrected chi connectivity index (χ0v) is 11.5. The second-order valence-corrected chi connectivity index (χ2v) is 4.64. The van der Waals surface area contributed by atoms with Gasteiger partial charge in [-0.3, -0.25) is 0 Å². The Balaban J connectivity index is 2.51. The summed E-state index contributed by atoms with van der Waals surface area (Å²) in [6.07, 6.45) is -4.42. The molecule has 0 aliphatic heterocycles. The zero-order chi connectivity index (χ0) is 14.8. The van der Waals surface area contributed by atoms with Gasteiger partial charge in [-0.2, -0.15) is 13.2 Å². The van der Waals surface area contributed by atoms with E-state index in [1.165, 1.54) is 11.0 Å². The molecule has 0 saturated heterocycles. The Morgan fingerprint density at radius 1 is 1.05 bits per heavy atom. The van der Waals surface area contributed by atoms with Crippen molar-refractivity contribution in [2.24, 2.45) is 0 Å². The van der Waals surface area contributed by atoms with Crippen LogP contribution in [-0.4, -0.2) is 7.05 Å². The summed E-state index contributed by atoms with van der Waals surface area (Å²) < 4.78 is 39.5. The van der Waals surface area contributed by atoms with E-state index in [1.807, 2.05) is 6.07 Å². The van der Waals surface area contributed by atoms with Gasteiger partial charge in [-0.15, -0.1) is 11.6 Å². The molecule has 2 aromatic rings. The number of para-hydroxylation sites is 1. The monoisotopic (exact) mass is 299 g/mol. The van der Waals surface area contributed by atoms with E-state index >= 15 is 0 Å². The molecule has 0 atom stereocenters. The topological polar surface area (TPSA) is 3.24 Å². The van der Waals surface area contributed by atoms with Crippen molar-refractivity contribution in [1.29, 1.82) is 0 Å². The molecular weight excluding hydrogens is 287 g/mol. The molecule has 0 fully saturated rings. The molecule has 0 N–H and O–H groups in total. The van der Waals surface area contributed by atoms with Crippen molar-refractivity contribution in [2.45, 2.75) is 12.1 Å². The Morgan fingerprint density at radius 2 is 1.70 bits per heavy atom. The Bertz CT molecular complexity index is 581. The molecule has 106 valence electrons. The van der Waals surface area contributed by atoms with E-state index in [1.54, 1.807) is 37.4 Å². The molecule has 0 spiro atoms. The number of nitrogens with zero attached hydrogens (tertiary/aromatic N) is 1. The average molecular weight is 300 g/mol. The van der Waals surface area contributed by atoms with Gasteiger partial charge in [-0.1, -0.05) is 24.3 Å². The highest BCUT2D eigenvalue weighted by Gasteiger charge is 2.34. The molecule has 0 amide bonds. The third kappa shape index (κ3) is 3.07. The van der Waals surface area contributed by atoms with Crippen molar-refractivity contribution in [2.75, 3.05) is 11.9 Å². The molecule has 2 aromatic carbocycles. The lowest BCUT2D eigenvalue weighted by atomic mass is 10.1. The van der Waals surface area contributed by atoms with Gasteiger partial charge >= 0.3 is 6.18 Å². The van der Waals surface area contributed by atoms with Crippen LogP contribution in [0.2, 0.25) is 0 Å². The average Bonchev–Trinajstić information content (AvgIpc) is 2.46. The third-order valence-electron chi connectivity index (χ3n) is 3.03. The van der Waals surface area contributed by atoms with Crippen LogP contribution in [0, 0.1) is 0 Å². The number of anilines is 2. The van der Waals surface area contributed by atoms with Gasteiger partial charge in [0.1, 0.15) is 0 Å². The highest BCUT2D eigenvalue weighted by Crippen LogP contribution is 2.39. The minimum absolute atomic E-state index is 0.0540. The molecule has 0 aliphatic carbocycles. The van der Waals surface area contributed by atoms with Crippen molar-refractivity contribution in [3.8, 4) is 0 Å². The van der Waals surface area contributed by atoms with Crippen LogP contribution in [0.4, 0.5) is 24.5 Å². The molecule has 20 heavy (non-hydrogen) atoms.